The molecule has 0 atom stereocenters. The van der Waals surface area contributed by atoms with E-state index in [1.54, 1.807) is 6.07 Å². The van der Waals surface area contributed by atoms with E-state index in [9.17, 15) is 8.42 Å². The largest absolute Gasteiger partial charge is 0.492 e. The first-order chi connectivity index (χ1) is 9.99. The van der Waals surface area contributed by atoms with Crippen molar-refractivity contribution in [3.8, 4) is 5.75 Å². The first-order valence-electron chi connectivity index (χ1n) is 6.53. The zero-order chi connectivity index (χ0) is 15.3. The Labute approximate surface area is 124 Å². The van der Waals surface area contributed by atoms with E-state index in [1.165, 1.54) is 12.1 Å². The number of para-hydroxylation sites is 1. The standard InChI is InChI=1S/C15H18N2O3S/c1-12-7-8-14(11-15(12)16)21(18,19)17-9-10-20-13-5-3-2-4-6-13/h2-8,11,17H,9-10,16H2,1H3. The molecule has 2 aromatic rings. The van der Waals surface area contributed by atoms with Gasteiger partial charge in [-0.15, -0.1) is 0 Å². The van der Waals surface area contributed by atoms with Crippen molar-refractivity contribution >= 4 is 15.7 Å². The first kappa shape index (κ1) is 15.3. The molecule has 0 amide bonds. The summed E-state index contributed by atoms with van der Waals surface area (Å²) in [4.78, 5) is 0.158. The number of benzene rings is 2. The van der Waals surface area contributed by atoms with Crippen LogP contribution in [0.3, 0.4) is 0 Å². The number of rotatable bonds is 6. The van der Waals surface area contributed by atoms with Gasteiger partial charge in [0.2, 0.25) is 10.0 Å². The van der Waals surface area contributed by atoms with Crippen molar-refractivity contribution in [3.63, 3.8) is 0 Å². The molecule has 0 heterocycles. The van der Waals surface area contributed by atoms with Crippen LogP contribution in [0.15, 0.2) is 53.4 Å². The molecule has 0 aliphatic carbocycles. The average molecular weight is 306 g/mol. The zero-order valence-electron chi connectivity index (χ0n) is 11.7. The van der Waals surface area contributed by atoms with E-state index in [2.05, 4.69) is 4.72 Å². The highest BCUT2D eigenvalue weighted by molar-refractivity contribution is 7.89. The van der Waals surface area contributed by atoms with Gasteiger partial charge in [0.15, 0.2) is 0 Å². The van der Waals surface area contributed by atoms with Crippen LogP contribution in [0.2, 0.25) is 0 Å². The highest BCUT2D eigenvalue weighted by atomic mass is 32.2. The number of nitrogens with one attached hydrogen (secondary N) is 1. The maximum Gasteiger partial charge on any atom is 0.240 e. The predicted molar refractivity (Wildman–Crippen MR) is 82.7 cm³/mol. The van der Waals surface area contributed by atoms with Gasteiger partial charge in [-0.05, 0) is 36.8 Å². The fraction of sp³-hybridized carbons (Fsp3) is 0.200. The molecule has 0 bridgehead atoms. The minimum Gasteiger partial charge on any atom is -0.492 e. The summed E-state index contributed by atoms with van der Waals surface area (Å²) in [6.45, 7) is 2.27. The topological polar surface area (TPSA) is 81.4 Å². The van der Waals surface area contributed by atoms with Crippen LogP contribution in [-0.2, 0) is 10.0 Å². The maximum absolute atomic E-state index is 12.1. The number of hydrogen-bond acceptors (Lipinski definition) is 4. The van der Waals surface area contributed by atoms with Crippen LogP contribution in [0.1, 0.15) is 5.56 Å². The highest BCUT2D eigenvalue weighted by Gasteiger charge is 2.14. The molecule has 0 aliphatic rings. The molecule has 2 rings (SSSR count). The highest BCUT2D eigenvalue weighted by Crippen LogP contribution is 2.16. The lowest BCUT2D eigenvalue weighted by Gasteiger charge is -2.09. The van der Waals surface area contributed by atoms with Crippen molar-refractivity contribution in [3.05, 3.63) is 54.1 Å². The summed E-state index contributed by atoms with van der Waals surface area (Å²) in [5.74, 6) is 0.705. The lowest BCUT2D eigenvalue weighted by atomic mass is 10.2. The summed E-state index contributed by atoms with van der Waals surface area (Å²) in [7, 11) is -3.56. The summed E-state index contributed by atoms with van der Waals surface area (Å²) in [6.07, 6.45) is 0. The van der Waals surface area contributed by atoms with Gasteiger partial charge in [0.1, 0.15) is 12.4 Å². The van der Waals surface area contributed by atoms with Gasteiger partial charge in [-0.3, -0.25) is 0 Å². The SMILES string of the molecule is Cc1ccc(S(=O)(=O)NCCOc2ccccc2)cc1N. The Hall–Kier alpha value is -2.05. The minimum absolute atomic E-state index is 0.158. The van der Waals surface area contributed by atoms with Gasteiger partial charge >= 0.3 is 0 Å². The molecule has 0 unspecified atom stereocenters. The number of anilines is 1. The van der Waals surface area contributed by atoms with Gasteiger partial charge in [-0.1, -0.05) is 24.3 Å². The molecular weight excluding hydrogens is 288 g/mol. The van der Waals surface area contributed by atoms with Gasteiger partial charge in [0.25, 0.3) is 0 Å². The third kappa shape index (κ3) is 4.21. The van der Waals surface area contributed by atoms with Gasteiger partial charge in [-0.2, -0.15) is 0 Å². The molecular formula is C15H18N2O3S. The average Bonchev–Trinajstić information content (AvgIpc) is 2.47. The van der Waals surface area contributed by atoms with Crippen molar-refractivity contribution in [2.45, 2.75) is 11.8 Å². The molecule has 2 aromatic carbocycles. The molecule has 21 heavy (non-hydrogen) atoms. The molecule has 0 spiro atoms. The van der Waals surface area contributed by atoms with E-state index in [4.69, 9.17) is 10.5 Å². The smallest absolute Gasteiger partial charge is 0.240 e. The van der Waals surface area contributed by atoms with E-state index in [0.717, 1.165) is 5.56 Å². The third-order valence-corrected chi connectivity index (χ3v) is 4.43. The van der Waals surface area contributed by atoms with E-state index < -0.39 is 10.0 Å². The Morgan fingerprint density at radius 3 is 2.52 bits per heavy atom. The van der Waals surface area contributed by atoms with Crippen molar-refractivity contribution in [2.24, 2.45) is 0 Å². The predicted octanol–water partition coefficient (Wildman–Crippen LogP) is 1.93. The van der Waals surface area contributed by atoms with Gasteiger partial charge < -0.3 is 10.5 Å². The molecule has 6 heteroatoms. The monoisotopic (exact) mass is 306 g/mol. The van der Waals surface area contributed by atoms with Crippen LogP contribution in [0.25, 0.3) is 0 Å². The normalized spacial score (nSPS) is 11.3. The van der Waals surface area contributed by atoms with Crippen LogP contribution in [0.4, 0.5) is 5.69 Å². The fourth-order valence-corrected chi connectivity index (χ4v) is 2.78. The van der Waals surface area contributed by atoms with Gasteiger partial charge in [0, 0.05) is 12.2 Å². The molecule has 0 aromatic heterocycles. The quantitative estimate of drug-likeness (QED) is 0.631. The van der Waals surface area contributed by atoms with Crippen LogP contribution < -0.4 is 15.2 Å². The molecule has 5 nitrogen and oxygen atoms in total. The number of hydrogen-bond donors (Lipinski definition) is 2. The Kier molecular flexibility index (Phi) is 4.82. The van der Waals surface area contributed by atoms with Crippen molar-refractivity contribution in [2.75, 3.05) is 18.9 Å². The van der Waals surface area contributed by atoms with Crippen molar-refractivity contribution in [1.82, 2.24) is 4.72 Å². The van der Waals surface area contributed by atoms with E-state index in [0.29, 0.717) is 11.4 Å². The van der Waals surface area contributed by atoms with Crippen LogP contribution >= 0.6 is 0 Å². The summed E-state index contributed by atoms with van der Waals surface area (Å²) >= 11 is 0. The van der Waals surface area contributed by atoms with Crippen molar-refractivity contribution < 1.29 is 13.2 Å². The van der Waals surface area contributed by atoms with E-state index >= 15 is 0 Å². The number of aryl methyl sites for hydroxylation is 1. The molecule has 0 fully saturated rings. The van der Waals surface area contributed by atoms with Crippen molar-refractivity contribution in [1.29, 1.82) is 0 Å². The molecule has 112 valence electrons. The number of ether oxygens (including phenoxy) is 1. The Balaban J connectivity index is 1.91. The summed E-state index contributed by atoms with van der Waals surface area (Å²) in [6, 6.07) is 13.9. The Morgan fingerprint density at radius 2 is 1.86 bits per heavy atom. The molecule has 0 aliphatic heterocycles. The summed E-state index contributed by atoms with van der Waals surface area (Å²) < 4.78 is 32.1. The minimum atomic E-state index is -3.56. The molecule has 0 saturated carbocycles. The number of nitrogens with two attached hydrogens (primary N) is 1. The zero-order valence-corrected chi connectivity index (χ0v) is 12.6. The second-order valence-electron chi connectivity index (χ2n) is 4.58. The molecule has 3 N–H and O–H groups in total. The fourth-order valence-electron chi connectivity index (χ4n) is 1.73. The van der Waals surface area contributed by atoms with Gasteiger partial charge in [0.05, 0.1) is 4.90 Å². The van der Waals surface area contributed by atoms with Crippen LogP contribution in [-0.4, -0.2) is 21.6 Å². The lowest BCUT2D eigenvalue weighted by molar-refractivity contribution is 0.323. The summed E-state index contributed by atoms with van der Waals surface area (Å²) in [5.41, 5.74) is 7.04. The lowest BCUT2D eigenvalue weighted by Crippen LogP contribution is -2.28. The van der Waals surface area contributed by atoms with E-state index in [-0.39, 0.29) is 18.0 Å². The first-order valence-corrected chi connectivity index (χ1v) is 8.01. The Bertz CT molecular complexity index is 700. The second-order valence-corrected chi connectivity index (χ2v) is 6.34. The van der Waals surface area contributed by atoms with E-state index in [1.807, 2.05) is 37.3 Å². The number of nitrogen functional groups attached to an aromatic ring is 1. The maximum atomic E-state index is 12.1. The van der Waals surface area contributed by atoms with Crippen LogP contribution in [0, 0.1) is 6.92 Å². The number of sulfonamides is 1. The second kappa shape index (κ2) is 6.60. The molecule has 0 saturated heterocycles. The summed E-state index contributed by atoms with van der Waals surface area (Å²) in [5, 5.41) is 0. The van der Waals surface area contributed by atoms with Crippen LogP contribution in [0.5, 0.6) is 5.75 Å². The Morgan fingerprint density at radius 1 is 1.14 bits per heavy atom. The molecule has 0 radical (unpaired) electrons. The van der Waals surface area contributed by atoms with Gasteiger partial charge in [-0.25, -0.2) is 13.1 Å². The third-order valence-electron chi connectivity index (χ3n) is 2.97.